The van der Waals surface area contributed by atoms with Crippen LogP contribution in [0.4, 0.5) is 5.69 Å². The highest BCUT2D eigenvalue weighted by Crippen LogP contribution is 2.14. The SMILES string of the molecule is COc1cccc(CCNC(=O)C(C)CS(=O)(=O)Nc2ccc(C)cc2)c1. The highest BCUT2D eigenvalue weighted by molar-refractivity contribution is 7.92. The van der Waals surface area contributed by atoms with Gasteiger partial charge in [0.25, 0.3) is 0 Å². The number of methoxy groups -OCH3 is 1. The summed E-state index contributed by atoms with van der Waals surface area (Å²) >= 11 is 0. The fraction of sp³-hybridized carbons (Fsp3) is 0.350. The molecule has 0 fully saturated rings. The molecule has 1 unspecified atom stereocenters. The molecule has 2 aromatic rings. The normalized spacial score (nSPS) is 12.3. The third kappa shape index (κ3) is 6.94. The van der Waals surface area contributed by atoms with Gasteiger partial charge in [-0.3, -0.25) is 9.52 Å². The number of carbonyl (C=O) groups excluding carboxylic acids is 1. The van der Waals surface area contributed by atoms with Crippen molar-refractivity contribution in [2.24, 2.45) is 5.92 Å². The van der Waals surface area contributed by atoms with Crippen LogP contribution >= 0.6 is 0 Å². The topological polar surface area (TPSA) is 84.5 Å². The Morgan fingerprint density at radius 2 is 1.85 bits per heavy atom. The molecule has 146 valence electrons. The molecule has 2 N–H and O–H groups in total. The zero-order chi connectivity index (χ0) is 19.9. The number of hydrogen-bond donors (Lipinski definition) is 2. The zero-order valence-electron chi connectivity index (χ0n) is 15.9. The Morgan fingerprint density at radius 3 is 2.52 bits per heavy atom. The van der Waals surface area contributed by atoms with E-state index in [4.69, 9.17) is 4.74 Å². The van der Waals surface area contributed by atoms with Gasteiger partial charge in [-0.25, -0.2) is 8.42 Å². The van der Waals surface area contributed by atoms with Gasteiger partial charge in [-0.05, 0) is 43.2 Å². The maximum Gasteiger partial charge on any atom is 0.233 e. The first kappa shape index (κ1) is 20.8. The summed E-state index contributed by atoms with van der Waals surface area (Å²) in [6.45, 7) is 3.97. The van der Waals surface area contributed by atoms with Crippen molar-refractivity contribution in [2.45, 2.75) is 20.3 Å². The molecular formula is C20H26N2O4S. The van der Waals surface area contributed by atoms with Crippen molar-refractivity contribution in [1.82, 2.24) is 5.32 Å². The van der Waals surface area contributed by atoms with Crippen LogP contribution in [0.1, 0.15) is 18.1 Å². The minimum Gasteiger partial charge on any atom is -0.497 e. The van der Waals surface area contributed by atoms with Gasteiger partial charge >= 0.3 is 0 Å². The highest BCUT2D eigenvalue weighted by atomic mass is 32.2. The Balaban J connectivity index is 1.82. The van der Waals surface area contributed by atoms with E-state index in [0.29, 0.717) is 18.7 Å². The van der Waals surface area contributed by atoms with Crippen molar-refractivity contribution in [1.29, 1.82) is 0 Å². The molecule has 6 nitrogen and oxygen atoms in total. The molecule has 0 heterocycles. The summed E-state index contributed by atoms with van der Waals surface area (Å²) in [6, 6.07) is 14.7. The predicted molar refractivity (Wildman–Crippen MR) is 107 cm³/mol. The zero-order valence-corrected chi connectivity index (χ0v) is 16.7. The van der Waals surface area contributed by atoms with Crippen LogP contribution in [0.3, 0.4) is 0 Å². The van der Waals surface area contributed by atoms with Crippen molar-refractivity contribution >= 4 is 21.6 Å². The molecule has 0 aromatic heterocycles. The molecule has 0 radical (unpaired) electrons. The second kappa shape index (κ2) is 9.41. The quantitative estimate of drug-likeness (QED) is 0.689. The van der Waals surface area contributed by atoms with E-state index in [2.05, 4.69) is 10.0 Å². The van der Waals surface area contributed by atoms with Crippen molar-refractivity contribution in [3.8, 4) is 5.75 Å². The molecule has 2 aromatic carbocycles. The summed E-state index contributed by atoms with van der Waals surface area (Å²) < 4.78 is 32.2. The molecule has 0 spiro atoms. The minimum atomic E-state index is -3.61. The second-order valence-electron chi connectivity index (χ2n) is 6.54. The number of nitrogens with one attached hydrogen (secondary N) is 2. The molecule has 7 heteroatoms. The van der Waals surface area contributed by atoms with E-state index < -0.39 is 15.9 Å². The van der Waals surface area contributed by atoms with Crippen molar-refractivity contribution in [3.05, 3.63) is 59.7 Å². The van der Waals surface area contributed by atoms with Crippen LogP contribution < -0.4 is 14.8 Å². The van der Waals surface area contributed by atoms with Crippen molar-refractivity contribution in [2.75, 3.05) is 24.1 Å². The van der Waals surface area contributed by atoms with Crippen LogP contribution in [0.15, 0.2) is 48.5 Å². The van der Waals surface area contributed by atoms with Crippen LogP contribution in [0.5, 0.6) is 5.75 Å². The van der Waals surface area contributed by atoms with E-state index in [-0.39, 0.29) is 11.7 Å². The Labute approximate surface area is 161 Å². The lowest BCUT2D eigenvalue weighted by Gasteiger charge is -2.14. The smallest absolute Gasteiger partial charge is 0.233 e. The number of sulfonamides is 1. The summed E-state index contributed by atoms with van der Waals surface area (Å²) in [4.78, 5) is 12.2. The van der Waals surface area contributed by atoms with Crippen molar-refractivity contribution < 1.29 is 17.9 Å². The van der Waals surface area contributed by atoms with Crippen molar-refractivity contribution in [3.63, 3.8) is 0 Å². The first-order chi connectivity index (χ1) is 12.8. The maximum atomic E-state index is 12.3. The van der Waals surface area contributed by atoms with Crippen LogP contribution in [0, 0.1) is 12.8 Å². The third-order valence-corrected chi connectivity index (χ3v) is 5.57. The lowest BCUT2D eigenvalue weighted by atomic mass is 10.1. The number of amides is 1. The maximum absolute atomic E-state index is 12.3. The third-order valence-electron chi connectivity index (χ3n) is 4.09. The average molecular weight is 391 g/mol. The minimum absolute atomic E-state index is 0.272. The Hall–Kier alpha value is -2.54. The Bertz CT molecular complexity index is 864. The summed E-state index contributed by atoms with van der Waals surface area (Å²) in [5.74, 6) is -0.447. The average Bonchev–Trinajstić information content (AvgIpc) is 2.63. The number of rotatable bonds is 9. The van der Waals surface area contributed by atoms with E-state index in [0.717, 1.165) is 16.9 Å². The summed E-state index contributed by atoms with van der Waals surface area (Å²) in [5, 5.41) is 2.79. The lowest BCUT2D eigenvalue weighted by molar-refractivity contribution is -0.123. The number of anilines is 1. The van der Waals surface area contributed by atoms with E-state index >= 15 is 0 Å². The van der Waals surface area contributed by atoms with Gasteiger partial charge in [0.05, 0.1) is 18.8 Å². The molecular weight excluding hydrogens is 364 g/mol. The van der Waals surface area contributed by atoms with E-state index in [1.54, 1.807) is 26.2 Å². The van der Waals surface area contributed by atoms with Gasteiger partial charge in [0.1, 0.15) is 5.75 Å². The predicted octanol–water partition coefficient (Wildman–Crippen LogP) is 2.74. The van der Waals surface area contributed by atoms with E-state index in [1.807, 2.05) is 43.3 Å². The Kier molecular flexibility index (Phi) is 7.24. The Morgan fingerprint density at radius 1 is 1.15 bits per heavy atom. The van der Waals surface area contributed by atoms with Crippen LogP contribution in [-0.4, -0.2) is 33.7 Å². The summed E-state index contributed by atoms with van der Waals surface area (Å²) in [5.41, 5.74) is 2.57. The van der Waals surface area contributed by atoms with E-state index in [9.17, 15) is 13.2 Å². The van der Waals surface area contributed by atoms with Crippen LogP contribution in [-0.2, 0) is 21.2 Å². The first-order valence-corrected chi connectivity index (χ1v) is 10.4. The molecule has 27 heavy (non-hydrogen) atoms. The van der Waals surface area contributed by atoms with Gasteiger partial charge in [-0.2, -0.15) is 0 Å². The molecule has 0 aliphatic heterocycles. The van der Waals surface area contributed by atoms with Gasteiger partial charge in [0.2, 0.25) is 15.9 Å². The van der Waals surface area contributed by atoms with Gasteiger partial charge in [0.15, 0.2) is 0 Å². The number of hydrogen-bond acceptors (Lipinski definition) is 4. The fourth-order valence-electron chi connectivity index (χ4n) is 2.58. The first-order valence-electron chi connectivity index (χ1n) is 8.77. The highest BCUT2D eigenvalue weighted by Gasteiger charge is 2.21. The van der Waals surface area contributed by atoms with E-state index in [1.165, 1.54) is 0 Å². The second-order valence-corrected chi connectivity index (χ2v) is 8.31. The molecule has 1 atom stereocenters. The van der Waals surface area contributed by atoms with Crippen LogP contribution in [0.2, 0.25) is 0 Å². The summed E-state index contributed by atoms with van der Waals surface area (Å²) in [6.07, 6.45) is 0.643. The standard InChI is InChI=1S/C20H26N2O4S/c1-15-7-9-18(10-8-15)22-27(24,25)14-16(2)20(23)21-12-11-17-5-4-6-19(13-17)26-3/h4-10,13,16,22H,11-12,14H2,1-3H3,(H,21,23). The van der Waals surface area contributed by atoms with Crippen LogP contribution in [0.25, 0.3) is 0 Å². The monoisotopic (exact) mass is 390 g/mol. The number of aryl methyl sites for hydroxylation is 1. The fourth-order valence-corrected chi connectivity index (χ4v) is 3.97. The number of benzene rings is 2. The molecule has 0 aliphatic rings. The number of ether oxygens (including phenoxy) is 1. The largest absolute Gasteiger partial charge is 0.497 e. The molecule has 0 saturated carbocycles. The molecule has 2 rings (SSSR count). The lowest BCUT2D eigenvalue weighted by Crippen LogP contribution is -2.35. The molecule has 0 aliphatic carbocycles. The molecule has 1 amide bonds. The number of carbonyl (C=O) groups is 1. The van der Waals surface area contributed by atoms with Gasteiger partial charge < -0.3 is 10.1 Å². The van der Waals surface area contributed by atoms with Gasteiger partial charge in [-0.15, -0.1) is 0 Å². The van der Waals surface area contributed by atoms with Gasteiger partial charge in [-0.1, -0.05) is 36.8 Å². The van der Waals surface area contributed by atoms with Gasteiger partial charge in [0, 0.05) is 12.2 Å². The molecule has 0 bridgehead atoms. The summed E-state index contributed by atoms with van der Waals surface area (Å²) in [7, 11) is -2.00. The molecule has 0 saturated heterocycles.